The smallest absolute Gasteiger partial charge is 0.159 e. The minimum atomic E-state index is -0.333. The van der Waals surface area contributed by atoms with Crippen LogP contribution >= 0.6 is 23.6 Å². The van der Waals surface area contributed by atoms with Crippen molar-refractivity contribution < 1.29 is 4.39 Å². The van der Waals surface area contributed by atoms with Gasteiger partial charge in [-0.05, 0) is 31.3 Å². The van der Waals surface area contributed by atoms with Crippen molar-refractivity contribution in [2.24, 2.45) is 0 Å². The summed E-state index contributed by atoms with van der Waals surface area (Å²) < 4.78 is 13.3. The van der Waals surface area contributed by atoms with E-state index in [2.05, 4.69) is 9.97 Å². The highest BCUT2D eigenvalue weighted by Gasteiger charge is 2.05. The van der Waals surface area contributed by atoms with Crippen molar-refractivity contribution in [2.45, 2.75) is 6.92 Å². The van der Waals surface area contributed by atoms with E-state index >= 15 is 0 Å². The first-order chi connectivity index (χ1) is 6.66. The number of hydrogen-bond donors (Lipinski definition) is 1. The molecule has 2 aromatic rings. The third-order valence-corrected chi connectivity index (χ3v) is 2.96. The molecule has 0 aliphatic carbocycles. The summed E-state index contributed by atoms with van der Waals surface area (Å²) in [6.07, 6.45) is 1.20. The van der Waals surface area contributed by atoms with E-state index in [9.17, 15) is 4.39 Å². The predicted molar refractivity (Wildman–Crippen MR) is 57.4 cm³/mol. The van der Waals surface area contributed by atoms with E-state index in [0.29, 0.717) is 3.95 Å². The Morgan fingerprint density at radius 3 is 2.79 bits per heavy atom. The van der Waals surface area contributed by atoms with Gasteiger partial charge in [0.15, 0.2) is 3.95 Å². The van der Waals surface area contributed by atoms with Gasteiger partial charge in [-0.2, -0.15) is 0 Å². The van der Waals surface area contributed by atoms with Crippen molar-refractivity contribution in [1.82, 2.24) is 9.97 Å². The molecule has 2 heterocycles. The monoisotopic (exact) mass is 226 g/mol. The molecule has 0 saturated carbocycles. The van der Waals surface area contributed by atoms with Gasteiger partial charge in [0.1, 0.15) is 5.82 Å². The highest BCUT2D eigenvalue weighted by atomic mass is 32.1. The summed E-state index contributed by atoms with van der Waals surface area (Å²) in [6.45, 7) is 1.96. The normalized spacial score (nSPS) is 10.4. The van der Waals surface area contributed by atoms with Crippen LogP contribution in [0, 0.1) is 16.7 Å². The van der Waals surface area contributed by atoms with Crippen LogP contribution in [0.1, 0.15) is 4.88 Å². The van der Waals surface area contributed by atoms with Crippen LogP contribution in [0.4, 0.5) is 4.39 Å². The lowest BCUT2D eigenvalue weighted by Gasteiger charge is -1.97. The summed E-state index contributed by atoms with van der Waals surface area (Å²) in [6, 6.07) is 3.02. The van der Waals surface area contributed by atoms with Gasteiger partial charge in [0.2, 0.25) is 0 Å². The van der Waals surface area contributed by atoms with Gasteiger partial charge in [0.25, 0.3) is 0 Å². The van der Waals surface area contributed by atoms with Gasteiger partial charge in [-0.3, -0.25) is 4.98 Å². The molecule has 0 saturated heterocycles. The topological polar surface area (TPSA) is 28.7 Å². The zero-order valence-corrected chi connectivity index (χ0v) is 9.01. The molecule has 0 spiro atoms. The lowest BCUT2D eigenvalue weighted by atomic mass is 10.2. The Hall–Kier alpha value is -1.07. The number of nitrogens with zero attached hydrogens (tertiary/aromatic N) is 1. The molecule has 2 nitrogen and oxygen atoms in total. The summed E-state index contributed by atoms with van der Waals surface area (Å²) in [5.41, 5.74) is 1.59. The zero-order chi connectivity index (χ0) is 10.1. The molecule has 2 rings (SSSR count). The van der Waals surface area contributed by atoms with Gasteiger partial charge in [0.05, 0.1) is 17.6 Å². The Morgan fingerprint density at radius 1 is 1.50 bits per heavy atom. The van der Waals surface area contributed by atoms with Gasteiger partial charge in [-0.15, -0.1) is 11.3 Å². The van der Waals surface area contributed by atoms with E-state index in [1.54, 1.807) is 6.07 Å². The molecule has 0 aromatic carbocycles. The highest BCUT2D eigenvalue weighted by molar-refractivity contribution is 7.73. The molecule has 5 heteroatoms. The fourth-order valence-electron chi connectivity index (χ4n) is 1.17. The van der Waals surface area contributed by atoms with Crippen molar-refractivity contribution >= 4 is 23.6 Å². The number of H-pyrrole nitrogens is 1. The number of thiazole rings is 1. The van der Waals surface area contributed by atoms with Crippen molar-refractivity contribution in [3.63, 3.8) is 0 Å². The fraction of sp³-hybridized carbons (Fsp3) is 0.111. The highest BCUT2D eigenvalue weighted by Crippen LogP contribution is 2.23. The molecule has 0 aliphatic rings. The van der Waals surface area contributed by atoms with Crippen LogP contribution in [0.15, 0.2) is 18.3 Å². The fourth-order valence-corrected chi connectivity index (χ4v) is 2.34. The second-order valence-corrected chi connectivity index (χ2v) is 4.70. The standard InChI is InChI=1S/C9H7FN2S2/c1-5-8(12-9(13)14-5)7-3-2-6(10)4-11-7/h2-4H,1H3,(H,12,13). The SMILES string of the molecule is Cc1sc(=S)[nH]c1-c1ccc(F)cn1. The lowest BCUT2D eigenvalue weighted by Crippen LogP contribution is -1.86. The Morgan fingerprint density at radius 2 is 2.29 bits per heavy atom. The van der Waals surface area contributed by atoms with Crippen LogP contribution < -0.4 is 0 Å². The number of aromatic nitrogens is 2. The maximum Gasteiger partial charge on any atom is 0.159 e. The van der Waals surface area contributed by atoms with Crippen LogP contribution in [0.5, 0.6) is 0 Å². The molecule has 0 unspecified atom stereocenters. The molecule has 72 valence electrons. The lowest BCUT2D eigenvalue weighted by molar-refractivity contribution is 0.622. The summed E-state index contributed by atoms with van der Waals surface area (Å²) in [5, 5.41) is 0. The number of nitrogens with one attached hydrogen (secondary N) is 1. The molecule has 0 aliphatic heterocycles. The first kappa shape index (κ1) is 9.48. The Bertz CT molecular complexity index is 498. The Labute approximate surface area is 89.5 Å². The quantitative estimate of drug-likeness (QED) is 0.756. The van der Waals surface area contributed by atoms with Crippen molar-refractivity contribution in [3.8, 4) is 11.4 Å². The molecular formula is C9H7FN2S2. The summed E-state index contributed by atoms with van der Waals surface area (Å²) in [7, 11) is 0. The average Bonchev–Trinajstić information content (AvgIpc) is 2.47. The van der Waals surface area contributed by atoms with E-state index < -0.39 is 0 Å². The second-order valence-electron chi connectivity index (χ2n) is 2.81. The van der Waals surface area contributed by atoms with Gasteiger partial charge in [0, 0.05) is 4.88 Å². The van der Waals surface area contributed by atoms with E-state index in [-0.39, 0.29) is 5.82 Å². The minimum Gasteiger partial charge on any atom is -0.335 e. The van der Waals surface area contributed by atoms with Crippen LogP contribution in [-0.2, 0) is 0 Å². The Balaban J connectivity index is 2.54. The van der Waals surface area contributed by atoms with E-state index in [4.69, 9.17) is 12.2 Å². The van der Waals surface area contributed by atoms with Crippen LogP contribution in [-0.4, -0.2) is 9.97 Å². The molecule has 0 fully saturated rings. The van der Waals surface area contributed by atoms with Crippen LogP contribution in [0.3, 0.4) is 0 Å². The number of aromatic amines is 1. The third kappa shape index (κ3) is 1.73. The number of pyridine rings is 1. The first-order valence-electron chi connectivity index (χ1n) is 3.98. The van der Waals surface area contributed by atoms with Crippen molar-refractivity contribution in [3.05, 3.63) is 33.0 Å². The number of halogens is 1. The summed E-state index contributed by atoms with van der Waals surface area (Å²) >= 11 is 6.50. The number of aryl methyl sites for hydroxylation is 1. The third-order valence-electron chi connectivity index (χ3n) is 1.81. The summed E-state index contributed by atoms with van der Waals surface area (Å²) in [4.78, 5) is 8.07. The van der Waals surface area contributed by atoms with Crippen LogP contribution in [0.25, 0.3) is 11.4 Å². The predicted octanol–water partition coefficient (Wildman–Crippen LogP) is 3.32. The van der Waals surface area contributed by atoms with Crippen LogP contribution in [0.2, 0.25) is 0 Å². The maximum atomic E-state index is 12.6. The first-order valence-corrected chi connectivity index (χ1v) is 5.21. The largest absolute Gasteiger partial charge is 0.335 e. The Kier molecular flexibility index (Phi) is 2.43. The van der Waals surface area contributed by atoms with Gasteiger partial charge in [-0.1, -0.05) is 0 Å². The number of hydrogen-bond acceptors (Lipinski definition) is 3. The maximum absolute atomic E-state index is 12.6. The van der Waals surface area contributed by atoms with Gasteiger partial charge < -0.3 is 4.98 Å². The van der Waals surface area contributed by atoms with Gasteiger partial charge in [-0.25, -0.2) is 4.39 Å². The van der Waals surface area contributed by atoms with E-state index in [1.165, 1.54) is 23.6 Å². The molecular weight excluding hydrogens is 219 g/mol. The molecule has 14 heavy (non-hydrogen) atoms. The molecule has 0 radical (unpaired) electrons. The molecule has 0 atom stereocenters. The molecule has 2 aromatic heterocycles. The van der Waals surface area contributed by atoms with Crippen molar-refractivity contribution in [2.75, 3.05) is 0 Å². The number of rotatable bonds is 1. The van der Waals surface area contributed by atoms with E-state index in [0.717, 1.165) is 16.3 Å². The van der Waals surface area contributed by atoms with E-state index in [1.807, 2.05) is 6.92 Å². The molecule has 1 N–H and O–H groups in total. The van der Waals surface area contributed by atoms with Crippen molar-refractivity contribution in [1.29, 1.82) is 0 Å². The average molecular weight is 226 g/mol. The summed E-state index contributed by atoms with van der Waals surface area (Å²) in [5.74, 6) is -0.333. The van der Waals surface area contributed by atoms with Gasteiger partial charge >= 0.3 is 0 Å². The molecule has 0 bridgehead atoms. The minimum absolute atomic E-state index is 0.333. The second kappa shape index (κ2) is 3.59. The zero-order valence-electron chi connectivity index (χ0n) is 7.37. The molecule has 0 amide bonds.